The van der Waals surface area contributed by atoms with Crippen LogP contribution in [0.1, 0.15) is 5.56 Å². The summed E-state index contributed by atoms with van der Waals surface area (Å²) in [5, 5.41) is 3.43. The zero-order valence-electron chi connectivity index (χ0n) is 7.76. The van der Waals surface area contributed by atoms with E-state index in [1.807, 2.05) is 12.1 Å². The lowest BCUT2D eigenvalue weighted by molar-refractivity contribution is 0.158. The fourth-order valence-corrected chi connectivity index (χ4v) is 1.10. The van der Waals surface area contributed by atoms with Crippen molar-refractivity contribution in [3.8, 4) is 0 Å². The van der Waals surface area contributed by atoms with E-state index < -0.39 is 6.09 Å². The first kappa shape index (κ1) is 11.4. The Hall–Kier alpha value is -1.71. The van der Waals surface area contributed by atoms with Gasteiger partial charge in [-0.3, -0.25) is 0 Å². The van der Waals surface area contributed by atoms with Gasteiger partial charge in [-0.1, -0.05) is 23.7 Å². The van der Waals surface area contributed by atoms with Crippen molar-refractivity contribution in [3.63, 3.8) is 0 Å². The normalized spacial score (nSPS) is 9.13. The van der Waals surface area contributed by atoms with Gasteiger partial charge in [-0.25, -0.2) is 4.79 Å². The van der Waals surface area contributed by atoms with Crippen LogP contribution in [-0.2, 0) is 11.2 Å². The van der Waals surface area contributed by atoms with Crippen LogP contribution in [0.4, 0.5) is 4.79 Å². The van der Waals surface area contributed by atoms with Gasteiger partial charge in [-0.15, -0.1) is 0 Å². The quantitative estimate of drug-likeness (QED) is 0.449. The van der Waals surface area contributed by atoms with Crippen LogP contribution in [0.2, 0.25) is 5.02 Å². The van der Waals surface area contributed by atoms with E-state index in [2.05, 4.69) is 14.8 Å². The largest absolute Gasteiger partial charge is 0.460 e. The average molecular weight is 226 g/mol. The summed E-state index contributed by atoms with van der Waals surface area (Å²) < 4.78 is 4.62. The molecule has 0 spiro atoms. The van der Waals surface area contributed by atoms with Crippen molar-refractivity contribution in [2.45, 2.75) is 6.42 Å². The van der Waals surface area contributed by atoms with Gasteiger partial charge in [0.2, 0.25) is 0 Å². The molecular formula is C9H8ClN3O2. The number of rotatable bonds is 3. The molecule has 6 heteroatoms. The summed E-state index contributed by atoms with van der Waals surface area (Å²) in [5.41, 5.74) is 8.92. The number of carbonyl (C=O) groups excluding carboxylic acids is 1. The van der Waals surface area contributed by atoms with Gasteiger partial charge in [0.1, 0.15) is 0 Å². The van der Waals surface area contributed by atoms with Gasteiger partial charge in [0.05, 0.1) is 6.61 Å². The summed E-state index contributed by atoms with van der Waals surface area (Å²) in [7, 11) is 0. The molecule has 5 nitrogen and oxygen atoms in total. The standard InChI is InChI=1S/C9H8ClN3O2/c10-8-3-1-7(2-4-8)5-6-15-9(14)12-13-11/h1-4H,5-6H2. The van der Waals surface area contributed by atoms with Crippen molar-refractivity contribution >= 4 is 17.7 Å². The highest BCUT2D eigenvalue weighted by Crippen LogP contribution is 2.09. The van der Waals surface area contributed by atoms with Crippen LogP contribution in [0.25, 0.3) is 10.4 Å². The van der Waals surface area contributed by atoms with Gasteiger partial charge < -0.3 is 4.74 Å². The van der Waals surface area contributed by atoms with Crippen molar-refractivity contribution in [2.75, 3.05) is 6.61 Å². The number of ether oxygens (including phenoxy) is 1. The molecule has 0 atom stereocenters. The number of azide groups is 1. The smallest absolute Gasteiger partial charge is 0.396 e. The zero-order valence-corrected chi connectivity index (χ0v) is 8.52. The van der Waals surface area contributed by atoms with Crippen LogP contribution in [-0.4, -0.2) is 12.7 Å². The predicted molar refractivity (Wildman–Crippen MR) is 55.7 cm³/mol. The lowest BCUT2D eigenvalue weighted by Gasteiger charge is -2.01. The minimum Gasteiger partial charge on any atom is -0.460 e. The van der Waals surface area contributed by atoms with E-state index in [0.29, 0.717) is 11.4 Å². The molecule has 1 aromatic carbocycles. The number of amides is 1. The maximum Gasteiger partial charge on any atom is 0.396 e. The number of halogens is 1. The number of hydrogen-bond acceptors (Lipinski definition) is 2. The monoisotopic (exact) mass is 225 g/mol. The third kappa shape index (κ3) is 4.35. The zero-order chi connectivity index (χ0) is 11.1. The Morgan fingerprint density at radius 2 is 2.13 bits per heavy atom. The molecule has 0 aliphatic heterocycles. The second-order valence-corrected chi connectivity index (χ2v) is 3.12. The molecule has 15 heavy (non-hydrogen) atoms. The second-order valence-electron chi connectivity index (χ2n) is 2.68. The number of benzene rings is 1. The van der Waals surface area contributed by atoms with Gasteiger partial charge in [-0.05, 0) is 23.2 Å². The summed E-state index contributed by atoms with van der Waals surface area (Å²) in [4.78, 5) is 12.9. The molecule has 0 aromatic heterocycles. The molecule has 0 aliphatic rings. The van der Waals surface area contributed by atoms with Crippen LogP contribution >= 0.6 is 11.6 Å². The SMILES string of the molecule is [N-]=[N+]=NC(=O)OCCc1ccc(Cl)cc1. The molecule has 0 bridgehead atoms. The fourth-order valence-electron chi connectivity index (χ4n) is 0.973. The highest BCUT2D eigenvalue weighted by molar-refractivity contribution is 6.30. The summed E-state index contributed by atoms with van der Waals surface area (Å²) in [6.45, 7) is 0.180. The second kappa shape index (κ2) is 5.90. The molecule has 0 unspecified atom stereocenters. The van der Waals surface area contributed by atoms with E-state index in [0.717, 1.165) is 5.56 Å². The van der Waals surface area contributed by atoms with Crippen molar-refractivity contribution in [2.24, 2.45) is 5.11 Å². The molecule has 1 aromatic rings. The number of hydrogen-bond donors (Lipinski definition) is 0. The molecule has 1 amide bonds. The Morgan fingerprint density at radius 3 is 2.73 bits per heavy atom. The number of carbonyl (C=O) groups is 1. The summed E-state index contributed by atoms with van der Waals surface area (Å²) in [5.74, 6) is 0. The van der Waals surface area contributed by atoms with Crippen molar-refractivity contribution in [1.82, 2.24) is 0 Å². The molecule has 0 fully saturated rings. The maximum absolute atomic E-state index is 10.6. The Morgan fingerprint density at radius 1 is 1.47 bits per heavy atom. The molecule has 0 radical (unpaired) electrons. The Bertz CT molecular complexity index is 385. The molecule has 0 N–H and O–H groups in total. The van der Waals surface area contributed by atoms with E-state index in [4.69, 9.17) is 17.1 Å². The molecule has 0 heterocycles. The van der Waals surface area contributed by atoms with Gasteiger partial charge in [0, 0.05) is 21.5 Å². The van der Waals surface area contributed by atoms with E-state index >= 15 is 0 Å². The third-order valence-corrected chi connectivity index (χ3v) is 1.91. The van der Waals surface area contributed by atoms with Crippen molar-refractivity contribution in [3.05, 3.63) is 45.3 Å². The van der Waals surface area contributed by atoms with Crippen molar-refractivity contribution < 1.29 is 9.53 Å². The fraction of sp³-hybridized carbons (Fsp3) is 0.222. The van der Waals surface area contributed by atoms with E-state index in [1.165, 1.54) is 0 Å². The summed E-state index contributed by atoms with van der Waals surface area (Å²) >= 11 is 5.70. The minimum atomic E-state index is -0.911. The summed E-state index contributed by atoms with van der Waals surface area (Å²) in [6, 6.07) is 7.19. The Labute approximate surface area is 91.2 Å². The van der Waals surface area contributed by atoms with Crippen molar-refractivity contribution in [1.29, 1.82) is 0 Å². The molecule has 0 aliphatic carbocycles. The molecular weight excluding hydrogens is 218 g/mol. The molecule has 78 valence electrons. The Kier molecular flexibility index (Phi) is 4.47. The van der Waals surface area contributed by atoms with E-state index in [-0.39, 0.29) is 6.61 Å². The van der Waals surface area contributed by atoms with Crippen LogP contribution < -0.4 is 0 Å². The predicted octanol–water partition coefficient (Wildman–Crippen LogP) is 3.33. The third-order valence-electron chi connectivity index (χ3n) is 1.66. The average Bonchev–Trinajstić information content (AvgIpc) is 2.21. The van der Waals surface area contributed by atoms with Gasteiger partial charge in [0.25, 0.3) is 0 Å². The van der Waals surface area contributed by atoms with Gasteiger partial charge >= 0.3 is 6.09 Å². The highest BCUT2D eigenvalue weighted by Gasteiger charge is 1.98. The minimum absolute atomic E-state index is 0.180. The Balaban J connectivity index is 2.35. The van der Waals surface area contributed by atoms with Crippen LogP contribution in [0.5, 0.6) is 0 Å². The van der Waals surface area contributed by atoms with Gasteiger partial charge in [0.15, 0.2) is 0 Å². The lowest BCUT2D eigenvalue weighted by Crippen LogP contribution is -2.02. The molecule has 0 saturated carbocycles. The molecule has 0 saturated heterocycles. The topological polar surface area (TPSA) is 75.1 Å². The van der Waals surface area contributed by atoms with E-state index in [9.17, 15) is 4.79 Å². The van der Waals surface area contributed by atoms with Gasteiger partial charge in [-0.2, -0.15) is 0 Å². The van der Waals surface area contributed by atoms with Crippen LogP contribution in [0.3, 0.4) is 0 Å². The first-order valence-corrected chi connectivity index (χ1v) is 4.56. The first-order chi connectivity index (χ1) is 7.22. The maximum atomic E-state index is 10.6. The highest BCUT2D eigenvalue weighted by atomic mass is 35.5. The first-order valence-electron chi connectivity index (χ1n) is 4.18. The lowest BCUT2D eigenvalue weighted by atomic mass is 10.2. The summed E-state index contributed by atoms with van der Waals surface area (Å²) in [6.07, 6.45) is -0.351. The molecule has 1 rings (SSSR count). The van der Waals surface area contributed by atoms with Crippen LogP contribution in [0, 0.1) is 0 Å². The van der Waals surface area contributed by atoms with Crippen LogP contribution in [0.15, 0.2) is 29.4 Å². The number of nitrogens with zero attached hydrogens (tertiary/aromatic N) is 3. The van der Waals surface area contributed by atoms with E-state index in [1.54, 1.807) is 12.1 Å².